The quantitative estimate of drug-likeness (QED) is 0.712. The van der Waals surface area contributed by atoms with E-state index in [1.807, 2.05) is 0 Å². The Morgan fingerprint density at radius 1 is 1.40 bits per heavy atom. The Kier molecular flexibility index (Phi) is 5.02. The molecule has 0 bridgehead atoms. The zero-order valence-corrected chi connectivity index (χ0v) is 11.8. The van der Waals surface area contributed by atoms with Gasteiger partial charge in [-0.05, 0) is 12.1 Å². The van der Waals surface area contributed by atoms with Crippen LogP contribution in [0, 0.1) is 5.13 Å². The first kappa shape index (κ1) is 14.4. The largest absolute Gasteiger partial charge is 0.353 e. The van der Waals surface area contributed by atoms with E-state index in [1.54, 1.807) is 11.4 Å². The van der Waals surface area contributed by atoms with Crippen LogP contribution < -0.4 is 16.0 Å². The number of thiophene rings is 1. The Bertz CT molecular complexity index is 599. The van der Waals surface area contributed by atoms with Crippen LogP contribution in [0.3, 0.4) is 0 Å². The van der Waals surface area contributed by atoms with Gasteiger partial charge in [-0.2, -0.15) is 4.39 Å². The smallest absolute Gasteiger partial charge is 0.321 e. The first-order chi connectivity index (χ1) is 9.67. The fourth-order valence-electron chi connectivity index (χ4n) is 1.35. The van der Waals surface area contributed by atoms with Crippen LogP contribution in [0.4, 0.5) is 14.3 Å². The number of amides is 3. The first-order valence-electron chi connectivity index (χ1n) is 5.58. The minimum atomic E-state index is -0.414. The van der Waals surface area contributed by atoms with Crippen molar-refractivity contribution < 1.29 is 14.0 Å². The van der Waals surface area contributed by atoms with Crippen LogP contribution in [0.1, 0.15) is 10.6 Å². The van der Waals surface area contributed by atoms with E-state index >= 15 is 0 Å². The monoisotopic (exact) mass is 314 g/mol. The third kappa shape index (κ3) is 4.28. The van der Waals surface area contributed by atoms with Gasteiger partial charge in [-0.3, -0.25) is 10.1 Å². The molecule has 0 atom stereocenters. The Balaban J connectivity index is 1.79. The third-order valence-electron chi connectivity index (χ3n) is 2.19. The lowest BCUT2D eigenvalue weighted by Crippen LogP contribution is -2.27. The van der Waals surface area contributed by atoms with Gasteiger partial charge in [-0.15, -0.1) is 22.7 Å². The number of anilines is 1. The number of hydrogen-bond acceptors (Lipinski definition) is 5. The first-order valence-corrected chi connectivity index (χ1v) is 7.27. The highest BCUT2D eigenvalue weighted by Gasteiger charge is 2.07. The number of rotatable bonds is 6. The van der Waals surface area contributed by atoms with Crippen LogP contribution in [-0.2, 0) is 17.9 Å². The molecule has 0 aromatic carbocycles. The number of carbonyl (C=O) groups excluding carboxylic acids is 2. The molecule has 9 heteroatoms. The summed E-state index contributed by atoms with van der Waals surface area (Å²) in [5.41, 5.74) is 0.665. The topological polar surface area (TPSA) is 83.1 Å². The normalized spacial score (nSPS) is 10.1. The van der Waals surface area contributed by atoms with Crippen molar-refractivity contribution in [2.24, 2.45) is 0 Å². The molecule has 0 fully saturated rings. The molecule has 0 radical (unpaired) electrons. The van der Waals surface area contributed by atoms with Crippen LogP contribution in [0.2, 0.25) is 0 Å². The standard InChI is InChI=1S/C11H11FN4O2S2/c12-9-2-1-8(20-9)4-14-10(18)16-11-15-7(5-19-11)3-13-6-17/h1-2,5-6H,3-4H2,(H,13,17)(H2,14,15,16,18). The second-order valence-corrected chi connectivity index (χ2v) is 5.63. The molecule has 2 rings (SSSR count). The van der Waals surface area contributed by atoms with E-state index in [2.05, 4.69) is 20.9 Å². The summed E-state index contributed by atoms with van der Waals surface area (Å²) in [6, 6.07) is 2.56. The molecule has 0 saturated carbocycles. The fourth-order valence-corrected chi connectivity index (χ4v) is 2.72. The molecule has 0 unspecified atom stereocenters. The lowest BCUT2D eigenvalue weighted by molar-refractivity contribution is -0.109. The second kappa shape index (κ2) is 6.96. The van der Waals surface area contributed by atoms with E-state index in [4.69, 9.17) is 0 Å². The molecule has 0 saturated heterocycles. The van der Waals surface area contributed by atoms with Gasteiger partial charge in [-0.25, -0.2) is 9.78 Å². The molecule has 2 heterocycles. The average Bonchev–Trinajstić information content (AvgIpc) is 3.03. The molecule has 0 aliphatic heterocycles. The van der Waals surface area contributed by atoms with Gasteiger partial charge >= 0.3 is 6.03 Å². The summed E-state index contributed by atoms with van der Waals surface area (Å²) in [5.74, 6) is 0. The van der Waals surface area contributed by atoms with Crippen molar-refractivity contribution in [2.75, 3.05) is 5.32 Å². The van der Waals surface area contributed by atoms with E-state index in [0.717, 1.165) is 16.2 Å². The van der Waals surface area contributed by atoms with E-state index in [0.29, 0.717) is 23.8 Å². The van der Waals surface area contributed by atoms with E-state index < -0.39 is 6.03 Å². The Morgan fingerprint density at radius 2 is 2.25 bits per heavy atom. The van der Waals surface area contributed by atoms with Crippen LogP contribution >= 0.6 is 22.7 Å². The number of thiazole rings is 1. The van der Waals surface area contributed by atoms with Crippen molar-refractivity contribution in [1.82, 2.24) is 15.6 Å². The molecule has 3 N–H and O–H groups in total. The van der Waals surface area contributed by atoms with Gasteiger partial charge < -0.3 is 10.6 Å². The molecule has 3 amide bonds. The van der Waals surface area contributed by atoms with Crippen molar-refractivity contribution in [3.05, 3.63) is 33.2 Å². The lowest BCUT2D eigenvalue weighted by atomic mass is 10.5. The minimum absolute atomic E-state index is 0.255. The van der Waals surface area contributed by atoms with Gasteiger partial charge in [0.25, 0.3) is 0 Å². The van der Waals surface area contributed by atoms with E-state index in [-0.39, 0.29) is 11.7 Å². The summed E-state index contributed by atoms with van der Waals surface area (Å²) in [6.07, 6.45) is 0.583. The molecule has 0 spiro atoms. The molecule has 2 aromatic rings. The predicted molar refractivity (Wildman–Crippen MR) is 75.2 cm³/mol. The Labute approximate surface area is 122 Å². The van der Waals surface area contributed by atoms with Gasteiger partial charge in [0.1, 0.15) is 0 Å². The maximum atomic E-state index is 12.8. The average molecular weight is 314 g/mol. The van der Waals surface area contributed by atoms with E-state index in [1.165, 1.54) is 17.4 Å². The molecule has 0 aliphatic carbocycles. The zero-order chi connectivity index (χ0) is 14.4. The van der Waals surface area contributed by atoms with Crippen LogP contribution in [0.15, 0.2) is 17.5 Å². The van der Waals surface area contributed by atoms with Gasteiger partial charge in [-0.1, -0.05) is 0 Å². The van der Waals surface area contributed by atoms with Gasteiger partial charge in [0, 0.05) is 10.3 Å². The highest BCUT2D eigenvalue weighted by Crippen LogP contribution is 2.16. The van der Waals surface area contributed by atoms with E-state index in [9.17, 15) is 14.0 Å². The van der Waals surface area contributed by atoms with Crippen LogP contribution in [0.5, 0.6) is 0 Å². The molecule has 2 aromatic heterocycles. The molecular formula is C11H11FN4O2S2. The highest BCUT2D eigenvalue weighted by molar-refractivity contribution is 7.14. The van der Waals surface area contributed by atoms with Crippen LogP contribution in [-0.4, -0.2) is 17.4 Å². The summed E-state index contributed by atoms with van der Waals surface area (Å²) in [5, 5.41) is 9.54. The number of carbonyl (C=O) groups is 2. The number of aromatic nitrogens is 1. The Hall–Kier alpha value is -2.00. The van der Waals surface area contributed by atoms with Crippen molar-refractivity contribution >= 4 is 40.2 Å². The number of halogens is 1. The number of nitrogens with zero attached hydrogens (tertiary/aromatic N) is 1. The lowest BCUT2D eigenvalue weighted by Gasteiger charge is -2.03. The van der Waals surface area contributed by atoms with Crippen LogP contribution in [0.25, 0.3) is 0 Å². The molecule has 106 valence electrons. The Morgan fingerprint density at radius 3 is 2.95 bits per heavy atom. The summed E-state index contributed by atoms with van der Waals surface area (Å²) < 4.78 is 12.8. The summed E-state index contributed by atoms with van der Waals surface area (Å²) in [6.45, 7) is 0.573. The number of urea groups is 1. The number of hydrogen-bond donors (Lipinski definition) is 3. The van der Waals surface area contributed by atoms with Crippen molar-refractivity contribution in [2.45, 2.75) is 13.1 Å². The summed E-state index contributed by atoms with van der Waals surface area (Å²) >= 11 is 2.24. The van der Waals surface area contributed by atoms with Crippen molar-refractivity contribution in [1.29, 1.82) is 0 Å². The maximum Gasteiger partial charge on any atom is 0.321 e. The minimum Gasteiger partial charge on any atom is -0.353 e. The third-order valence-corrected chi connectivity index (χ3v) is 3.87. The van der Waals surface area contributed by atoms with Crippen molar-refractivity contribution in [3.8, 4) is 0 Å². The van der Waals surface area contributed by atoms with Crippen molar-refractivity contribution in [3.63, 3.8) is 0 Å². The molecule has 6 nitrogen and oxygen atoms in total. The fraction of sp³-hybridized carbons (Fsp3) is 0.182. The van der Waals surface area contributed by atoms with Gasteiger partial charge in [0.15, 0.2) is 10.3 Å². The second-order valence-electron chi connectivity index (χ2n) is 3.66. The maximum absolute atomic E-state index is 12.8. The zero-order valence-electron chi connectivity index (χ0n) is 10.2. The predicted octanol–water partition coefficient (Wildman–Crippen LogP) is 1.91. The molecule has 20 heavy (non-hydrogen) atoms. The SMILES string of the molecule is O=CNCc1csc(NC(=O)NCc2ccc(F)s2)n1. The summed E-state index contributed by atoms with van der Waals surface area (Å²) in [7, 11) is 0. The number of nitrogens with one attached hydrogen (secondary N) is 3. The van der Waals surface area contributed by atoms with Gasteiger partial charge in [0.05, 0.1) is 18.8 Å². The highest BCUT2D eigenvalue weighted by atomic mass is 32.1. The van der Waals surface area contributed by atoms with Gasteiger partial charge in [0.2, 0.25) is 6.41 Å². The summed E-state index contributed by atoms with van der Waals surface area (Å²) in [4.78, 5) is 26.6. The molecular weight excluding hydrogens is 303 g/mol. The molecule has 0 aliphatic rings.